The van der Waals surface area contributed by atoms with Crippen LogP contribution in [0.1, 0.15) is 32.6 Å². The van der Waals surface area contributed by atoms with Crippen LogP contribution in [0.5, 0.6) is 0 Å². The van der Waals surface area contributed by atoms with Gasteiger partial charge >= 0.3 is 0 Å². The number of rotatable bonds is 4. The summed E-state index contributed by atoms with van der Waals surface area (Å²) in [5.74, 6) is 1.23. The average Bonchev–Trinajstić information content (AvgIpc) is 2.42. The fourth-order valence-corrected chi connectivity index (χ4v) is 3.05. The molecule has 2 aliphatic rings. The van der Waals surface area contributed by atoms with Crippen molar-refractivity contribution < 1.29 is 4.79 Å². The van der Waals surface area contributed by atoms with E-state index in [-0.39, 0.29) is 0 Å². The number of nitrogens with zero attached hydrogens (tertiary/aromatic N) is 2. The summed E-state index contributed by atoms with van der Waals surface area (Å²) in [4.78, 5) is 16.5. The maximum atomic E-state index is 12.1. The zero-order valence-corrected chi connectivity index (χ0v) is 11.7. The lowest BCUT2D eigenvalue weighted by Crippen LogP contribution is -2.50. The van der Waals surface area contributed by atoms with Crippen molar-refractivity contribution in [1.82, 2.24) is 15.1 Å². The van der Waals surface area contributed by atoms with Crippen LogP contribution < -0.4 is 5.32 Å². The van der Waals surface area contributed by atoms with Gasteiger partial charge in [-0.25, -0.2) is 0 Å². The molecule has 0 unspecified atom stereocenters. The predicted molar refractivity (Wildman–Crippen MR) is 73.5 cm³/mol. The van der Waals surface area contributed by atoms with Crippen LogP contribution in [0.2, 0.25) is 0 Å². The number of piperidine rings is 1. The zero-order valence-electron chi connectivity index (χ0n) is 11.7. The number of nitrogens with one attached hydrogen (secondary N) is 1. The van der Waals surface area contributed by atoms with Crippen LogP contribution in [0.3, 0.4) is 0 Å². The van der Waals surface area contributed by atoms with Gasteiger partial charge in [0.15, 0.2) is 0 Å². The fraction of sp³-hybridized carbons (Fsp3) is 0.929. The standard InChI is InChI=1S/C14H27N3O/c1-2-3-13-4-8-16(9-5-13)12-14(18)17-10-6-15-7-11-17/h13,15H,2-12H2,1H3. The molecule has 0 aromatic rings. The van der Waals surface area contributed by atoms with E-state index in [0.717, 1.165) is 45.2 Å². The molecule has 1 amide bonds. The third-order valence-electron chi connectivity index (χ3n) is 4.23. The van der Waals surface area contributed by atoms with Crippen molar-refractivity contribution in [3.8, 4) is 0 Å². The Morgan fingerprint density at radius 2 is 1.83 bits per heavy atom. The lowest BCUT2D eigenvalue weighted by atomic mass is 9.92. The molecule has 2 saturated heterocycles. The van der Waals surface area contributed by atoms with E-state index in [1.165, 1.54) is 25.7 Å². The van der Waals surface area contributed by atoms with E-state index in [0.29, 0.717) is 12.5 Å². The van der Waals surface area contributed by atoms with Gasteiger partial charge in [-0.2, -0.15) is 0 Å². The van der Waals surface area contributed by atoms with Gasteiger partial charge in [0.2, 0.25) is 5.91 Å². The number of likely N-dealkylation sites (tertiary alicyclic amines) is 1. The second-order valence-corrected chi connectivity index (χ2v) is 5.64. The first-order valence-corrected chi connectivity index (χ1v) is 7.50. The molecule has 18 heavy (non-hydrogen) atoms. The summed E-state index contributed by atoms with van der Waals surface area (Å²) < 4.78 is 0. The van der Waals surface area contributed by atoms with Gasteiger partial charge in [0.1, 0.15) is 0 Å². The Balaban J connectivity index is 1.68. The molecule has 0 bridgehead atoms. The Labute approximate surface area is 111 Å². The van der Waals surface area contributed by atoms with Gasteiger partial charge in [0, 0.05) is 26.2 Å². The number of hydrogen-bond donors (Lipinski definition) is 1. The average molecular weight is 253 g/mol. The molecule has 4 heteroatoms. The van der Waals surface area contributed by atoms with Gasteiger partial charge in [-0.05, 0) is 31.8 Å². The predicted octanol–water partition coefficient (Wildman–Crippen LogP) is 0.930. The summed E-state index contributed by atoms with van der Waals surface area (Å²) in [5, 5.41) is 3.29. The van der Waals surface area contributed by atoms with Crippen molar-refractivity contribution in [2.24, 2.45) is 5.92 Å². The SMILES string of the molecule is CCCC1CCN(CC(=O)N2CCNCC2)CC1. The number of piperazine rings is 1. The molecule has 1 N–H and O–H groups in total. The molecule has 2 rings (SSSR count). The van der Waals surface area contributed by atoms with Gasteiger partial charge < -0.3 is 10.2 Å². The van der Waals surface area contributed by atoms with E-state index in [9.17, 15) is 4.79 Å². The quantitative estimate of drug-likeness (QED) is 0.809. The largest absolute Gasteiger partial charge is 0.339 e. The van der Waals surface area contributed by atoms with E-state index < -0.39 is 0 Å². The van der Waals surface area contributed by atoms with Crippen LogP contribution >= 0.6 is 0 Å². The first-order chi connectivity index (χ1) is 8.79. The maximum absolute atomic E-state index is 12.1. The van der Waals surface area contributed by atoms with Crippen LogP contribution in [-0.2, 0) is 4.79 Å². The van der Waals surface area contributed by atoms with Gasteiger partial charge in [0.05, 0.1) is 6.54 Å². The summed E-state index contributed by atoms with van der Waals surface area (Å²) in [6.45, 7) is 8.79. The lowest BCUT2D eigenvalue weighted by molar-refractivity contribution is -0.133. The van der Waals surface area contributed by atoms with Gasteiger partial charge in [0.25, 0.3) is 0 Å². The van der Waals surface area contributed by atoms with Crippen LogP contribution in [0.15, 0.2) is 0 Å². The molecule has 104 valence electrons. The van der Waals surface area contributed by atoms with Crippen molar-refractivity contribution >= 4 is 5.91 Å². The number of amides is 1. The van der Waals surface area contributed by atoms with Crippen molar-refractivity contribution in [2.75, 3.05) is 45.8 Å². The smallest absolute Gasteiger partial charge is 0.236 e. The van der Waals surface area contributed by atoms with E-state index in [1.54, 1.807) is 0 Å². The summed E-state index contributed by atoms with van der Waals surface area (Å²) in [6, 6.07) is 0. The highest BCUT2D eigenvalue weighted by Gasteiger charge is 2.23. The zero-order chi connectivity index (χ0) is 12.8. The maximum Gasteiger partial charge on any atom is 0.236 e. The minimum absolute atomic E-state index is 0.324. The van der Waals surface area contributed by atoms with Gasteiger partial charge in [-0.3, -0.25) is 9.69 Å². The normalized spacial score (nSPS) is 23.3. The summed E-state index contributed by atoms with van der Waals surface area (Å²) in [5.41, 5.74) is 0. The van der Waals surface area contributed by atoms with Crippen LogP contribution in [0.4, 0.5) is 0 Å². The Hall–Kier alpha value is -0.610. The third-order valence-corrected chi connectivity index (χ3v) is 4.23. The molecule has 0 atom stereocenters. The highest BCUT2D eigenvalue weighted by Crippen LogP contribution is 2.21. The van der Waals surface area contributed by atoms with Gasteiger partial charge in [-0.1, -0.05) is 19.8 Å². The van der Waals surface area contributed by atoms with Crippen molar-refractivity contribution in [2.45, 2.75) is 32.6 Å². The molecule has 4 nitrogen and oxygen atoms in total. The van der Waals surface area contributed by atoms with Crippen molar-refractivity contribution in [1.29, 1.82) is 0 Å². The molecular formula is C14H27N3O. The molecule has 2 fully saturated rings. The highest BCUT2D eigenvalue weighted by atomic mass is 16.2. The first-order valence-electron chi connectivity index (χ1n) is 7.50. The summed E-state index contributed by atoms with van der Waals surface area (Å²) in [7, 11) is 0. The van der Waals surface area contributed by atoms with Crippen molar-refractivity contribution in [3.05, 3.63) is 0 Å². The Kier molecular flexibility index (Phi) is 5.45. The van der Waals surface area contributed by atoms with Crippen LogP contribution in [0, 0.1) is 5.92 Å². The van der Waals surface area contributed by atoms with Crippen LogP contribution in [-0.4, -0.2) is 61.5 Å². The van der Waals surface area contributed by atoms with E-state index in [1.807, 2.05) is 4.90 Å². The Morgan fingerprint density at radius 3 is 2.44 bits per heavy atom. The summed E-state index contributed by atoms with van der Waals surface area (Å²) in [6.07, 6.45) is 5.22. The Bertz CT molecular complexity index is 256. The fourth-order valence-electron chi connectivity index (χ4n) is 3.05. The minimum Gasteiger partial charge on any atom is -0.339 e. The second-order valence-electron chi connectivity index (χ2n) is 5.64. The molecule has 0 radical (unpaired) electrons. The first kappa shape index (κ1) is 13.8. The molecular weight excluding hydrogens is 226 g/mol. The van der Waals surface area contributed by atoms with E-state index in [2.05, 4.69) is 17.1 Å². The van der Waals surface area contributed by atoms with E-state index >= 15 is 0 Å². The summed E-state index contributed by atoms with van der Waals surface area (Å²) >= 11 is 0. The molecule has 0 aromatic heterocycles. The molecule has 2 aliphatic heterocycles. The third kappa shape index (κ3) is 3.95. The number of carbonyl (C=O) groups is 1. The highest BCUT2D eigenvalue weighted by molar-refractivity contribution is 5.78. The lowest BCUT2D eigenvalue weighted by Gasteiger charge is -2.34. The topological polar surface area (TPSA) is 35.6 Å². The number of hydrogen-bond acceptors (Lipinski definition) is 3. The Morgan fingerprint density at radius 1 is 1.17 bits per heavy atom. The monoisotopic (exact) mass is 253 g/mol. The molecule has 2 heterocycles. The molecule has 0 aromatic carbocycles. The molecule has 0 saturated carbocycles. The molecule has 0 aliphatic carbocycles. The second kappa shape index (κ2) is 7.10. The molecule has 0 spiro atoms. The van der Waals surface area contributed by atoms with E-state index in [4.69, 9.17) is 0 Å². The van der Waals surface area contributed by atoms with Crippen molar-refractivity contribution in [3.63, 3.8) is 0 Å². The number of carbonyl (C=O) groups excluding carboxylic acids is 1. The van der Waals surface area contributed by atoms with Gasteiger partial charge in [-0.15, -0.1) is 0 Å². The van der Waals surface area contributed by atoms with Crippen LogP contribution in [0.25, 0.3) is 0 Å². The minimum atomic E-state index is 0.324.